The predicted molar refractivity (Wildman–Crippen MR) is 97.0 cm³/mol. The highest BCUT2D eigenvalue weighted by Gasteiger charge is 2.06. The lowest BCUT2D eigenvalue weighted by Gasteiger charge is -2.03. The predicted octanol–water partition coefficient (Wildman–Crippen LogP) is 4.11. The Morgan fingerprint density at radius 3 is 2.75 bits per heavy atom. The van der Waals surface area contributed by atoms with E-state index in [4.69, 9.17) is 16.3 Å². The van der Waals surface area contributed by atoms with Crippen molar-refractivity contribution in [3.05, 3.63) is 71.0 Å². The first-order valence-corrected chi connectivity index (χ1v) is 8.57. The smallest absolute Gasteiger partial charge is 0.212 e. The molecule has 0 spiro atoms. The second-order valence-electron chi connectivity index (χ2n) is 4.86. The summed E-state index contributed by atoms with van der Waals surface area (Å²) in [5.74, 6) is 1.52. The van der Waals surface area contributed by atoms with E-state index < -0.39 is 0 Å². The number of hydrogen-bond acceptors (Lipinski definition) is 5. The Morgan fingerprint density at radius 1 is 1.21 bits per heavy atom. The number of thioether (sulfide) groups is 1. The van der Waals surface area contributed by atoms with Gasteiger partial charge in [0.15, 0.2) is 0 Å². The van der Waals surface area contributed by atoms with Crippen LogP contribution in [0, 0.1) is 0 Å². The van der Waals surface area contributed by atoms with Crippen molar-refractivity contribution in [3.8, 4) is 5.75 Å². The van der Waals surface area contributed by atoms with Gasteiger partial charge in [0.05, 0.1) is 13.3 Å². The Kier molecular flexibility index (Phi) is 5.51. The van der Waals surface area contributed by atoms with E-state index in [1.165, 1.54) is 11.8 Å². The molecule has 1 aromatic heterocycles. The summed E-state index contributed by atoms with van der Waals surface area (Å²) in [6.07, 6.45) is 3.33. The first kappa shape index (κ1) is 16.5. The first-order valence-electron chi connectivity index (χ1n) is 7.21. The van der Waals surface area contributed by atoms with Gasteiger partial charge in [0.25, 0.3) is 0 Å². The standard InChI is InChI=1S/C17H15ClN4OS/c1-23-15-8-6-13(7-9-15)10-20-22-12-19-21-17(22)24-11-14-4-2-3-5-16(14)18/h2-10,12H,11H2,1H3/b20-10-. The fourth-order valence-electron chi connectivity index (χ4n) is 1.97. The van der Waals surface area contributed by atoms with Crippen molar-refractivity contribution in [2.24, 2.45) is 5.10 Å². The van der Waals surface area contributed by atoms with Crippen molar-refractivity contribution in [1.82, 2.24) is 14.9 Å². The van der Waals surface area contributed by atoms with E-state index in [1.54, 1.807) is 24.3 Å². The number of benzene rings is 2. The zero-order chi connectivity index (χ0) is 16.8. The van der Waals surface area contributed by atoms with Crippen LogP contribution in [0.25, 0.3) is 0 Å². The molecule has 0 saturated heterocycles. The second kappa shape index (κ2) is 7.99. The maximum absolute atomic E-state index is 6.17. The lowest BCUT2D eigenvalue weighted by atomic mass is 10.2. The van der Waals surface area contributed by atoms with Gasteiger partial charge in [-0.2, -0.15) is 9.78 Å². The third-order valence-electron chi connectivity index (χ3n) is 3.26. The summed E-state index contributed by atoms with van der Waals surface area (Å²) in [4.78, 5) is 0. The molecule has 0 aliphatic heterocycles. The molecule has 24 heavy (non-hydrogen) atoms. The molecule has 0 aliphatic rings. The van der Waals surface area contributed by atoms with Crippen LogP contribution in [0.1, 0.15) is 11.1 Å². The van der Waals surface area contributed by atoms with Gasteiger partial charge >= 0.3 is 0 Å². The minimum atomic E-state index is 0.705. The van der Waals surface area contributed by atoms with Crippen LogP contribution >= 0.6 is 23.4 Å². The minimum Gasteiger partial charge on any atom is -0.497 e. The van der Waals surface area contributed by atoms with Crippen molar-refractivity contribution in [3.63, 3.8) is 0 Å². The van der Waals surface area contributed by atoms with Crippen LogP contribution in [-0.2, 0) is 5.75 Å². The van der Waals surface area contributed by atoms with Crippen molar-refractivity contribution in [2.75, 3.05) is 7.11 Å². The molecule has 0 fully saturated rings. The van der Waals surface area contributed by atoms with Gasteiger partial charge in [-0.1, -0.05) is 41.6 Å². The molecule has 0 bridgehead atoms. The molecule has 3 rings (SSSR count). The van der Waals surface area contributed by atoms with Crippen LogP contribution in [0.15, 0.2) is 65.1 Å². The van der Waals surface area contributed by atoms with Crippen LogP contribution in [0.2, 0.25) is 5.02 Å². The Bertz CT molecular complexity index is 833. The second-order valence-corrected chi connectivity index (χ2v) is 6.21. The summed E-state index contributed by atoms with van der Waals surface area (Å²) in [5, 5.41) is 13.9. The topological polar surface area (TPSA) is 52.3 Å². The van der Waals surface area contributed by atoms with Crippen molar-refractivity contribution >= 4 is 29.6 Å². The maximum atomic E-state index is 6.17. The fraction of sp³-hybridized carbons (Fsp3) is 0.118. The lowest BCUT2D eigenvalue weighted by molar-refractivity contribution is 0.415. The van der Waals surface area contributed by atoms with Gasteiger partial charge in [-0.05, 0) is 41.5 Å². The van der Waals surface area contributed by atoms with E-state index in [9.17, 15) is 0 Å². The van der Waals surface area contributed by atoms with Gasteiger partial charge in [-0.15, -0.1) is 10.2 Å². The number of methoxy groups -OCH3 is 1. The molecule has 0 atom stereocenters. The number of aromatic nitrogens is 3. The molecular weight excluding hydrogens is 344 g/mol. The van der Waals surface area contributed by atoms with Gasteiger partial charge < -0.3 is 4.74 Å². The highest BCUT2D eigenvalue weighted by atomic mass is 35.5. The molecule has 0 radical (unpaired) electrons. The van der Waals surface area contributed by atoms with Gasteiger partial charge in [-0.25, -0.2) is 0 Å². The summed E-state index contributed by atoms with van der Waals surface area (Å²) in [5.41, 5.74) is 2.02. The number of nitrogens with zero attached hydrogens (tertiary/aromatic N) is 4. The van der Waals surface area contributed by atoms with Crippen LogP contribution < -0.4 is 4.74 Å². The molecule has 1 heterocycles. The molecule has 5 nitrogen and oxygen atoms in total. The summed E-state index contributed by atoms with van der Waals surface area (Å²) >= 11 is 7.71. The molecule has 0 saturated carbocycles. The van der Waals surface area contributed by atoms with Crippen molar-refractivity contribution in [1.29, 1.82) is 0 Å². The third kappa shape index (κ3) is 4.15. The van der Waals surface area contributed by atoms with Crippen LogP contribution in [0.4, 0.5) is 0 Å². The molecule has 122 valence electrons. The van der Waals surface area contributed by atoms with E-state index in [0.29, 0.717) is 10.9 Å². The van der Waals surface area contributed by atoms with E-state index >= 15 is 0 Å². The van der Waals surface area contributed by atoms with E-state index in [2.05, 4.69) is 15.3 Å². The summed E-state index contributed by atoms with van der Waals surface area (Å²) in [7, 11) is 1.64. The number of halogens is 1. The first-order chi connectivity index (χ1) is 11.8. The van der Waals surface area contributed by atoms with Gasteiger partial charge in [0.2, 0.25) is 5.16 Å². The van der Waals surface area contributed by atoms with Gasteiger partial charge in [0.1, 0.15) is 12.1 Å². The quantitative estimate of drug-likeness (QED) is 0.491. The monoisotopic (exact) mass is 358 g/mol. The Balaban J connectivity index is 1.68. The fourth-order valence-corrected chi connectivity index (χ4v) is 3.12. The molecule has 2 aromatic carbocycles. The van der Waals surface area contributed by atoms with Gasteiger partial charge in [0, 0.05) is 10.8 Å². The average molecular weight is 359 g/mol. The lowest BCUT2D eigenvalue weighted by Crippen LogP contribution is -1.93. The molecule has 0 aliphatic carbocycles. The maximum Gasteiger partial charge on any atom is 0.212 e. The highest BCUT2D eigenvalue weighted by molar-refractivity contribution is 7.98. The van der Waals surface area contributed by atoms with Crippen molar-refractivity contribution < 1.29 is 4.74 Å². The number of rotatable bonds is 6. The Labute approximate surface area is 149 Å². The summed E-state index contributed by atoms with van der Waals surface area (Å²) < 4.78 is 6.78. The van der Waals surface area contributed by atoms with Crippen LogP contribution in [0.5, 0.6) is 5.75 Å². The summed E-state index contributed by atoms with van der Waals surface area (Å²) in [6, 6.07) is 15.4. The molecule has 0 N–H and O–H groups in total. The number of hydrogen-bond donors (Lipinski definition) is 0. The van der Waals surface area contributed by atoms with E-state index in [1.807, 2.05) is 48.5 Å². The normalized spacial score (nSPS) is 11.1. The van der Waals surface area contributed by atoms with Gasteiger partial charge in [-0.3, -0.25) is 0 Å². The molecule has 0 unspecified atom stereocenters. The van der Waals surface area contributed by atoms with Crippen LogP contribution in [0.3, 0.4) is 0 Å². The average Bonchev–Trinajstić information content (AvgIpc) is 3.07. The molecule has 3 aromatic rings. The molecule has 0 amide bonds. The minimum absolute atomic E-state index is 0.705. The SMILES string of the molecule is COc1ccc(/C=N\n2cnnc2SCc2ccccc2Cl)cc1. The van der Waals surface area contributed by atoms with Crippen molar-refractivity contribution in [2.45, 2.75) is 10.9 Å². The number of ether oxygens (including phenoxy) is 1. The zero-order valence-electron chi connectivity index (χ0n) is 13.0. The van der Waals surface area contributed by atoms with E-state index in [-0.39, 0.29) is 0 Å². The Hall–Kier alpha value is -2.31. The molecule has 7 heteroatoms. The third-order valence-corrected chi connectivity index (χ3v) is 4.61. The van der Waals surface area contributed by atoms with Crippen LogP contribution in [-0.4, -0.2) is 28.2 Å². The summed E-state index contributed by atoms with van der Waals surface area (Å²) in [6.45, 7) is 0. The highest BCUT2D eigenvalue weighted by Crippen LogP contribution is 2.25. The van der Waals surface area contributed by atoms with E-state index in [0.717, 1.165) is 21.9 Å². The zero-order valence-corrected chi connectivity index (χ0v) is 14.5. The molecular formula is C17H15ClN4OS. The Morgan fingerprint density at radius 2 is 2.00 bits per heavy atom. The largest absolute Gasteiger partial charge is 0.497 e.